The van der Waals surface area contributed by atoms with Crippen molar-refractivity contribution in [1.29, 1.82) is 0 Å². The monoisotopic (exact) mass is 280 g/mol. The van der Waals surface area contributed by atoms with E-state index in [0.29, 0.717) is 12.6 Å². The molecule has 0 aromatic carbocycles. The van der Waals surface area contributed by atoms with Gasteiger partial charge < -0.3 is 14.5 Å². The van der Waals surface area contributed by atoms with Crippen LogP contribution in [-0.4, -0.2) is 55.2 Å². The van der Waals surface area contributed by atoms with Crippen LogP contribution in [0.15, 0.2) is 4.79 Å². The van der Waals surface area contributed by atoms with E-state index in [4.69, 9.17) is 4.74 Å². The molecule has 2 rings (SSSR count). The number of aromatic nitrogens is 2. The molecule has 6 heteroatoms. The van der Waals surface area contributed by atoms with Gasteiger partial charge in [-0.3, -0.25) is 9.78 Å². The minimum absolute atomic E-state index is 0.0252. The summed E-state index contributed by atoms with van der Waals surface area (Å²) in [5.74, 6) is 0.676. The van der Waals surface area contributed by atoms with E-state index in [0.717, 1.165) is 50.3 Å². The van der Waals surface area contributed by atoms with Crippen molar-refractivity contribution in [1.82, 2.24) is 14.9 Å². The number of nitrogens with one attached hydrogen (secondary N) is 1. The molecule has 0 spiro atoms. The van der Waals surface area contributed by atoms with Crippen LogP contribution < -0.4 is 10.5 Å². The van der Waals surface area contributed by atoms with Crippen LogP contribution in [0, 0.1) is 0 Å². The summed E-state index contributed by atoms with van der Waals surface area (Å²) in [6.07, 6.45) is 1.67. The van der Waals surface area contributed by atoms with Gasteiger partial charge in [0.05, 0.1) is 12.3 Å². The van der Waals surface area contributed by atoms with Crippen molar-refractivity contribution in [3.63, 3.8) is 0 Å². The zero-order valence-electron chi connectivity index (χ0n) is 12.6. The number of hydrogen-bond donors (Lipinski definition) is 1. The number of ether oxygens (including phenoxy) is 1. The number of H-pyrrole nitrogens is 1. The van der Waals surface area contributed by atoms with Crippen LogP contribution in [0.3, 0.4) is 0 Å². The first kappa shape index (κ1) is 15.0. The highest BCUT2D eigenvalue weighted by Gasteiger charge is 2.18. The third kappa shape index (κ3) is 3.37. The van der Waals surface area contributed by atoms with E-state index in [1.54, 1.807) is 7.11 Å². The molecule has 0 bridgehead atoms. The molecule has 1 aromatic heterocycles. The quantitative estimate of drug-likeness (QED) is 0.857. The summed E-state index contributed by atoms with van der Waals surface area (Å²) >= 11 is 0. The molecule has 1 aliphatic heterocycles. The second-order valence-corrected chi connectivity index (χ2v) is 5.29. The van der Waals surface area contributed by atoms with E-state index in [9.17, 15) is 4.79 Å². The van der Waals surface area contributed by atoms with E-state index < -0.39 is 0 Å². The Balaban J connectivity index is 2.28. The predicted molar refractivity (Wildman–Crippen MR) is 79.3 cm³/mol. The molecular formula is C14H24N4O2. The van der Waals surface area contributed by atoms with Gasteiger partial charge in [0.15, 0.2) is 0 Å². The van der Waals surface area contributed by atoms with Gasteiger partial charge in [-0.15, -0.1) is 0 Å². The first-order valence-electron chi connectivity index (χ1n) is 7.20. The zero-order valence-corrected chi connectivity index (χ0v) is 12.6. The van der Waals surface area contributed by atoms with E-state index in [2.05, 4.69) is 33.7 Å². The SMILES string of the molecule is CCCc1c(COC)nc(N2CCN(C)CC2)[nH]c1=O. The van der Waals surface area contributed by atoms with Crippen LogP contribution in [0.25, 0.3) is 0 Å². The molecule has 1 saturated heterocycles. The third-order valence-electron chi connectivity index (χ3n) is 3.67. The van der Waals surface area contributed by atoms with Gasteiger partial charge in [0.25, 0.3) is 5.56 Å². The molecule has 6 nitrogen and oxygen atoms in total. The molecule has 20 heavy (non-hydrogen) atoms. The second-order valence-electron chi connectivity index (χ2n) is 5.29. The lowest BCUT2D eigenvalue weighted by molar-refractivity contribution is 0.180. The highest BCUT2D eigenvalue weighted by atomic mass is 16.5. The Morgan fingerprint density at radius 3 is 2.60 bits per heavy atom. The van der Waals surface area contributed by atoms with Crippen molar-refractivity contribution in [2.45, 2.75) is 26.4 Å². The molecule has 0 amide bonds. The Kier molecular flexibility index (Phi) is 5.14. The Hall–Kier alpha value is -1.40. The van der Waals surface area contributed by atoms with Crippen LogP contribution in [0.1, 0.15) is 24.6 Å². The van der Waals surface area contributed by atoms with Gasteiger partial charge in [-0.1, -0.05) is 13.3 Å². The zero-order chi connectivity index (χ0) is 14.5. The third-order valence-corrected chi connectivity index (χ3v) is 3.67. The lowest BCUT2D eigenvalue weighted by Gasteiger charge is -2.32. The maximum absolute atomic E-state index is 12.2. The van der Waals surface area contributed by atoms with Gasteiger partial charge in [-0.05, 0) is 13.5 Å². The van der Waals surface area contributed by atoms with E-state index in [1.807, 2.05) is 0 Å². The summed E-state index contributed by atoms with van der Waals surface area (Å²) in [5.41, 5.74) is 1.50. The fourth-order valence-electron chi connectivity index (χ4n) is 2.46. The lowest BCUT2D eigenvalue weighted by atomic mass is 10.1. The van der Waals surface area contributed by atoms with E-state index in [-0.39, 0.29) is 5.56 Å². The largest absolute Gasteiger partial charge is 0.378 e. The molecule has 1 aliphatic rings. The highest BCUT2D eigenvalue weighted by molar-refractivity contribution is 5.34. The van der Waals surface area contributed by atoms with Crippen LogP contribution in [0.2, 0.25) is 0 Å². The molecule has 0 aliphatic carbocycles. The Bertz CT molecular complexity index is 492. The first-order valence-corrected chi connectivity index (χ1v) is 7.20. The maximum atomic E-state index is 12.2. The first-order chi connectivity index (χ1) is 9.65. The van der Waals surface area contributed by atoms with Crippen LogP contribution in [0.5, 0.6) is 0 Å². The molecule has 1 fully saturated rings. The van der Waals surface area contributed by atoms with Gasteiger partial charge >= 0.3 is 0 Å². The molecule has 0 unspecified atom stereocenters. The summed E-state index contributed by atoms with van der Waals surface area (Å²) < 4.78 is 5.19. The number of nitrogens with zero attached hydrogens (tertiary/aromatic N) is 3. The Morgan fingerprint density at radius 2 is 2.00 bits per heavy atom. The van der Waals surface area contributed by atoms with Gasteiger partial charge in [-0.25, -0.2) is 4.98 Å². The minimum atomic E-state index is -0.0252. The maximum Gasteiger partial charge on any atom is 0.255 e. The molecule has 0 saturated carbocycles. The topological polar surface area (TPSA) is 61.5 Å². The van der Waals surface area contributed by atoms with E-state index >= 15 is 0 Å². The number of likely N-dealkylation sites (N-methyl/N-ethyl adjacent to an activating group) is 1. The van der Waals surface area contributed by atoms with Gasteiger partial charge in [0.2, 0.25) is 5.95 Å². The molecule has 0 radical (unpaired) electrons. The second kappa shape index (κ2) is 6.85. The molecule has 2 heterocycles. The van der Waals surface area contributed by atoms with Crippen LogP contribution in [-0.2, 0) is 17.8 Å². The molecule has 0 atom stereocenters. The number of methoxy groups -OCH3 is 1. The van der Waals surface area contributed by atoms with Crippen molar-refractivity contribution in [3.05, 3.63) is 21.6 Å². The normalized spacial score (nSPS) is 16.6. The summed E-state index contributed by atoms with van der Waals surface area (Å²) in [7, 11) is 3.74. The van der Waals surface area contributed by atoms with Crippen molar-refractivity contribution in [2.75, 3.05) is 45.2 Å². The van der Waals surface area contributed by atoms with Crippen molar-refractivity contribution < 1.29 is 4.74 Å². The minimum Gasteiger partial charge on any atom is -0.378 e. The lowest BCUT2D eigenvalue weighted by Crippen LogP contribution is -2.45. The highest BCUT2D eigenvalue weighted by Crippen LogP contribution is 2.13. The summed E-state index contributed by atoms with van der Waals surface area (Å²) in [6, 6.07) is 0. The standard InChI is InChI=1S/C14H24N4O2/c1-4-5-11-12(10-20-3)15-14(16-13(11)19)18-8-6-17(2)7-9-18/h4-10H2,1-3H3,(H,15,16,19). The van der Waals surface area contributed by atoms with E-state index in [1.165, 1.54) is 0 Å². The molecule has 112 valence electrons. The fraction of sp³-hybridized carbons (Fsp3) is 0.714. The van der Waals surface area contributed by atoms with Crippen molar-refractivity contribution in [3.8, 4) is 0 Å². The molecular weight excluding hydrogens is 256 g/mol. The molecule has 1 aromatic rings. The van der Waals surface area contributed by atoms with Crippen molar-refractivity contribution in [2.24, 2.45) is 0 Å². The summed E-state index contributed by atoms with van der Waals surface area (Å²) in [5, 5.41) is 0. The molecule has 1 N–H and O–H groups in total. The summed E-state index contributed by atoms with van der Waals surface area (Å²) in [6.45, 7) is 6.20. The number of aromatic amines is 1. The Morgan fingerprint density at radius 1 is 1.30 bits per heavy atom. The Labute approximate surface area is 119 Å². The number of anilines is 1. The number of piperazine rings is 1. The summed E-state index contributed by atoms with van der Waals surface area (Å²) in [4.78, 5) is 24.2. The van der Waals surface area contributed by atoms with Crippen molar-refractivity contribution >= 4 is 5.95 Å². The average molecular weight is 280 g/mol. The number of hydrogen-bond acceptors (Lipinski definition) is 5. The van der Waals surface area contributed by atoms with Gasteiger partial charge in [0.1, 0.15) is 0 Å². The van der Waals surface area contributed by atoms with Gasteiger partial charge in [-0.2, -0.15) is 0 Å². The predicted octanol–water partition coefficient (Wildman–Crippen LogP) is 0.621. The smallest absolute Gasteiger partial charge is 0.255 e. The fourth-order valence-corrected chi connectivity index (χ4v) is 2.46. The number of rotatable bonds is 5. The average Bonchev–Trinajstić information content (AvgIpc) is 2.43. The van der Waals surface area contributed by atoms with Crippen LogP contribution >= 0.6 is 0 Å². The van der Waals surface area contributed by atoms with Gasteiger partial charge in [0, 0.05) is 38.9 Å². The van der Waals surface area contributed by atoms with Crippen LogP contribution in [0.4, 0.5) is 5.95 Å².